The highest BCUT2D eigenvalue weighted by molar-refractivity contribution is 7.80. The summed E-state index contributed by atoms with van der Waals surface area (Å²) in [6.45, 7) is 8.73. The maximum atomic E-state index is 6.34. The molecule has 0 atom stereocenters. The molecule has 1 fully saturated rings. The molecule has 10 heteroatoms. The van der Waals surface area contributed by atoms with E-state index in [9.17, 15) is 0 Å². The van der Waals surface area contributed by atoms with Gasteiger partial charge in [0.15, 0.2) is 5.11 Å². The smallest absolute Gasteiger partial charge is 0.173 e. The zero-order chi connectivity index (χ0) is 24.4. The summed E-state index contributed by atoms with van der Waals surface area (Å²) in [5.74, 6) is 0. The van der Waals surface area contributed by atoms with E-state index in [-0.39, 0.29) is 0 Å². The lowest BCUT2D eigenvalue weighted by Crippen LogP contribution is -2.49. The van der Waals surface area contributed by atoms with Crippen molar-refractivity contribution in [3.63, 3.8) is 0 Å². The summed E-state index contributed by atoms with van der Waals surface area (Å²) in [5, 5.41) is 11.3. The van der Waals surface area contributed by atoms with Gasteiger partial charge in [-0.05, 0) is 55.9 Å². The van der Waals surface area contributed by atoms with Crippen molar-refractivity contribution in [1.29, 1.82) is 0 Å². The van der Waals surface area contributed by atoms with E-state index in [1.165, 1.54) is 0 Å². The normalized spacial score (nSPS) is 14.5. The van der Waals surface area contributed by atoms with E-state index in [2.05, 4.69) is 15.1 Å². The van der Waals surface area contributed by atoms with Gasteiger partial charge in [0.05, 0.1) is 33.7 Å². The number of hydrogen-bond acceptors (Lipinski definition) is 3. The summed E-state index contributed by atoms with van der Waals surface area (Å²) in [4.78, 5) is 4.53. The van der Waals surface area contributed by atoms with E-state index in [0.29, 0.717) is 31.7 Å². The first-order chi connectivity index (χ1) is 16.2. The lowest BCUT2D eigenvalue weighted by Gasteiger charge is -2.36. The van der Waals surface area contributed by atoms with Crippen LogP contribution in [0.3, 0.4) is 0 Å². The molecular weight excluding hydrogens is 532 g/mol. The number of aromatic nitrogens is 2. The van der Waals surface area contributed by atoms with Crippen LogP contribution in [0.1, 0.15) is 22.5 Å². The molecule has 0 aliphatic carbocycles. The second-order valence-corrected chi connectivity index (χ2v) is 10.4. The molecular formula is C24H25Cl4N5S. The number of benzene rings is 2. The summed E-state index contributed by atoms with van der Waals surface area (Å²) in [6, 6.07) is 11.3. The van der Waals surface area contributed by atoms with Crippen LogP contribution in [0.25, 0.3) is 0 Å². The van der Waals surface area contributed by atoms with Gasteiger partial charge in [0.2, 0.25) is 0 Å². The molecule has 3 aromatic rings. The minimum atomic E-state index is 0.538. The van der Waals surface area contributed by atoms with Crippen molar-refractivity contribution < 1.29 is 0 Å². The lowest BCUT2D eigenvalue weighted by atomic mass is 10.2. The number of hydrogen-bond donors (Lipinski definition) is 1. The number of rotatable bonds is 5. The lowest BCUT2D eigenvalue weighted by molar-refractivity contribution is 0.177. The van der Waals surface area contributed by atoms with Crippen molar-refractivity contribution >= 4 is 69.4 Å². The highest BCUT2D eigenvalue weighted by Gasteiger charge is 2.22. The second-order valence-electron chi connectivity index (χ2n) is 8.35. The van der Waals surface area contributed by atoms with Gasteiger partial charge in [-0.3, -0.25) is 9.58 Å². The van der Waals surface area contributed by atoms with Crippen LogP contribution in [0, 0.1) is 13.8 Å². The van der Waals surface area contributed by atoms with Gasteiger partial charge in [-0.25, -0.2) is 0 Å². The monoisotopic (exact) mass is 555 g/mol. The second kappa shape index (κ2) is 11.0. The minimum Gasteiger partial charge on any atom is -0.346 e. The molecule has 0 spiro atoms. The highest BCUT2D eigenvalue weighted by atomic mass is 35.5. The van der Waals surface area contributed by atoms with Crippen molar-refractivity contribution in [2.45, 2.75) is 26.9 Å². The fourth-order valence-electron chi connectivity index (χ4n) is 4.04. The summed E-state index contributed by atoms with van der Waals surface area (Å²) < 4.78 is 1.95. The average Bonchev–Trinajstić information content (AvgIpc) is 3.06. The highest BCUT2D eigenvalue weighted by Crippen LogP contribution is 2.27. The molecule has 0 saturated carbocycles. The first-order valence-electron chi connectivity index (χ1n) is 10.9. The molecule has 0 amide bonds. The van der Waals surface area contributed by atoms with Crippen LogP contribution in [-0.4, -0.2) is 50.9 Å². The number of nitrogens with one attached hydrogen (secondary N) is 1. The van der Waals surface area contributed by atoms with Crippen LogP contribution < -0.4 is 5.32 Å². The van der Waals surface area contributed by atoms with Crippen LogP contribution >= 0.6 is 58.6 Å². The third-order valence-corrected chi connectivity index (χ3v) is 7.84. The van der Waals surface area contributed by atoms with Gasteiger partial charge >= 0.3 is 0 Å². The average molecular weight is 557 g/mol. The number of halogens is 4. The number of anilines is 1. The zero-order valence-corrected chi connectivity index (χ0v) is 22.8. The first kappa shape index (κ1) is 25.5. The SMILES string of the molecule is Cc1nn(Cc2ccc(Cl)c(Cl)c2)c(C)c1NC(=S)N1CCN(Cc2c(Cl)cccc2Cl)CC1. The molecule has 1 saturated heterocycles. The molecule has 1 aromatic heterocycles. The van der Waals surface area contributed by atoms with Gasteiger partial charge in [0.1, 0.15) is 0 Å². The van der Waals surface area contributed by atoms with E-state index in [0.717, 1.165) is 60.9 Å². The number of piperazine rings is 1. The topological polar surface area (TPSA) is 36.3 Å². The number of nitrogens with zero attached hydrogens (tertiary/aromatic N) is 4. The summed E-state index contributed by atoms with van der Waals surface area (Å²) >= 11 is 30.6. The number of aryl methyl sites for hydroxylation is 1. The Kier molecular flexibility index (Phi) is 8.28. The van der Waals surface area contributed by atoms with Crippen LogP contribution in [0.2, 0.25) is 20.1 Å². The van der Waals surface area contributed by atoms with E-state index in [4.69, 9.17) is 63.7 Å². The predicted octanol–water partition coefficient (Wildman–Crippen LogP) is 6.68. The van der Waals surface area contributed by atoms with Gasteiger partial charge < -0.3 is 10.2 Å². The van der Waals surface area contributed by atoms with E-state index in [1.54, 1.807) is 6.07 Å². The molecule has 1 N–H and O–H groups in total. The molecule has 4 rings (SSSR count). The molecule has 1 aliphatic heterocycles. The Bertz CT molecular complexity index is 1180. The molecule has 0 bridgehead atoms. The fraction of sp³-hybridized carbons (Fsp3) is 0.333. The Morgan fingerprint density at radius 1 is 0.912 bits per heavy atom. The predicted molar refractivity (Wildman–Crippen MR) is 147 cm³/mol. The van der Waals surface area contributed by atoms with Gasteiger partial charge in [0.25, 0.3) is 0 Å². The molecule has 1 aliphatic rings. The van der Waals surface area contributed by atoms with Crippen molar-refractivity contribution in [1.82, 2.24) is 19.6 Å². The van der Waals surface area contributed by atoms with Crippen molar-refractivity contribution in [2.24, 2.45) is 0 Å². The van der Waals surface area contributed by atoms with E-state index >= 15 is 0 Å². The molecule has 2 heterocycles. The van der Waals surface area contributed by atoms with Crippen LogP contribution in [0.4, 0.5) is 5.69 Å². The Balaban J connectivity index is 1.36. The fourth-order valence-corrected chi connectivity index (χ4v) is 5.17. The third-order valence-electron chi connectivity index (χ3n) is 6.03. The first-order valence-corrected chi connectivity index (χ1v) is 12.8. The third kappa shape index (κ3) is 5.81. The zero-order valence-electron chi connectivity index (χ0n) is 18.9. The van der Waals surface area contributed by atoms with E-state index < -0.39 is 0 Å². The molecule has 0 radical (unpaired) electrons. The quantitative estimate of drug-likeness (QED) is 0.355. The maximum absolute atomic E-state index is 6.34. The van der Waals surface area contributed by atoms with E-state index in [1.807, 2.05) is 48.9 Å². The maximum Gasteiger partial charge on any atom is 0.173 e. The summed E-state index contributed by atoms with van der Waals surface area (Å²) in [6.07, 6.45) is 0. The molecule has 180 valence electrons. The van der Waals surface area contributed by atoms with Crippen LogP contribution in [-0.2, 0) is 13.1 Å². The summed E-state index contributed by atoms with van der Waals surface area (Å²) in [7, 11) is 0. The molecule has 2 aromatic carbocycles. The molecule has 5 nitrogen and oxygen atoms in total. The van der Waals surface area contributed by atoms with Gasteiger partial charge in [-0.15, -0.1) is 0 Å². The minimum absolute atomic E-state index is 0.538. The Morgan fingerprint density at radius 2 is 1.59 bits per heavy atom. The van der Waals surface area contributed by atoms with Crippen molar-refractivity contribution in [3.05, 3.63) is 79.0 Å². The van der Waals surface area contributed by atoms with Gasteiger partial charge in [-0.2, -0.15) is 5.10 Å². The Morgan fingerprint density at radius 3 is 2.24 bits per heavy atom. The number of thiocarbonyl (C=S) groups is 1. The van der Waals surface area contributed by atoms with Crippen LogP contribution in [0.5, 0.6) is 0 Å². The van der Waals surface area contributed by atoms with Gasteiger partial charge in [-0.1, -0.05) is 58.5 Å². The van der Waals surface area contributed by atoms with Crippen molar-refractivity contribution in [3.8, 4) is 0 Å². The van der Waals surface area contributed by atoms with Crippen molar-refractivity contribution in [2.75, 3.05) is 31.5 Å². The van der Waals surface area contributed by atoms with Crippen LogP contribution in [0.15, 0.2) is 36.4 Å². The molecule has 34 heavy (non-hydrogen) atoms. The summed E-state index contributed by atoms with van der Waals surface area (Å²) in [5.41, 5.74) is 4.85. The van der Waals surface area contributed by atoms with Gasteiger partial charge in [0, 0.05) is 48.3 Å². The Labute approximate surface area is 225 Å². The largest absolute Gasteiger partial charge is 0.346 e. The molecule has 0 unspecified atom stereocenters. The Hall–Kier alpha value is -1.54. The standard InChI is InChI=1S/C24H25Cl4N5S/c1-15-23(16(2)33(30-15)13-17-6-7-21(27)22(28)12-17)29-24(34)32-10-8-31(9-11-32)14-18-19(25)4-3-5-20(18)26/h3-7,12H,8-11,13-14H2,1-2H3,(H,29,34).